The number of fused-ring (bicyclic) bond motifs is 1. The molecule has 1 fully saturated rings. The van der Waals surface area contributed by atoms with Gasteiger partial charge in [0.25, 0.3) is 0 Å². The number of hydrogen-bond donors (Lipinski definition) is 1. The van der Waals surface area contributed by atoms with Gasteiger partial charge in [-0.1, -0.05) is 44.5 Å². The monoisotopic (exact) mass is 286 g/mol. The molecular weight excluding hydrogens is 256 g/mol. The quantitative estimate of drug-likeness (QED) is 0.906. The van der Waals surface area contributed by atoms with Gasteiger partial charge in [0.2, 0.25) is 0 Å². The largest absolute Gasteiger partial charge is 0.308 e. The Bertz CT molecular complexity index is 460. The van der Waals surface area contributed by atoms with Crippen LogP contribution in [0.25, 0.3) is 0 Å². The Labute approximate surface area is 129 Å². The molecule has 2 aliphatic rings. The highest BCUT2D eigenvalue weighted by Gasteiger charge is 2.35. The van der Waals surface area contributed by atoms with E-state index in [1.165, 1.54) is 57.3 Å². The smallest absolute Gasteiger partial charge is 0.0375 e. The molecule has 116 valence electrons. The number of nitrogens with one attached hydrogen (secondary N) is 1. The second-order valence-electron chi connectivity index (χ2n) is 7.48. The molecule has 1 unspecified atom stereocenters. The summed E-state index contributed by atoms with van der Waals surface area (Å²) in [5.41, 5.74) is 3.44. The zero-order chi connectivity index (χ0) is 14.7. The fourth-order valence-corrected chi connectivity index (χ4v) is 4.00. The first-order valence-corrected chi connectivity index (χ1v) is 8.70. The highest BCUT2D eigenvalue weighted by molar-refractivity contribution is 5.34. The van der Waals surface area contributed by atoms with E-state index in [1.807, 2.05) is 0 Å². The first-order valence-electron chi connectivity index (χ1n) is 8.70. The van der Waals surface area contributed by atoms with Gasteiger partial charge in [-0.25, -0.2) is 0 Å². The predicted octanol–water partition coefficient (Wildman–Crippen LogP) is 3.78. The van der Waals surface area contributed by atoms with E-state index in [4.69, 9.17) is 0 Å². The van der Waals surface area contributed by atoms with Gasteiger partial charge in [0.1, 0.15) is 0 Å². The third-order valence-corrected chi connectivity index (χ3v) is 5.41. The average Bonchev–Trinajstić information content (AvgIpc) is 2.50. The number of rotatable bonds is 4. The summed E-state index contributed by atoms with van der Waals surface area (Å²) in [5, 5.41) is 3.87. The predicted molar refractivity (Wildman–Crippen MR) is 89.6 cm³/mol. The van der Waals surface area contributed by atoms with Crippen LogP contribution in [-0.2, 0) is 6.42 Å². The SMILES string of the molecule is CC1(C)CCc2ccccc2C1NCCN1CCCCC1. The molecule has 1 aliphatic carbocycles. The molecule has 21 heavy (non-hydrogen) atoms. The molecule has 2 heteroatoms. The number of hydrogen-bond acceptors (Lipinski definition) is 2. The molecule has 1 atom stereocenters. The highest BCUT2D eigenvalue weighted by atomic mass is 15.1. The minimum absolute atomic E-state index is 0.357. The number of benzene rings is 1. The lowest BCUT2D eigenvalue weighted by Crippen LogP contribution is -2.42. The van der Waals surface area contributed by atoms with Crippen molar-refractivity contribution in [2.75, 3.05) is 26.2 Å². The Morgan fingerprint density at radius 3 is 2.71 bits per heavy atom. The van der Waals surface area contributed by atoms with Crippen molar-refractivity contribution < 1.29 is 0 Å². The Hall–Kier alpha value is -0.860. The minimum atomic E-state index is 0.357. The third kappa shape index (κ3) is 3.49. The maximum atomic E-state index is 3.87. The summed E-state index contributed by atoms with van der Waals surface area (Å²) in [4.78, 5) is 2.62. The van der Waals surface area contributed by atoms with Crippen LogP contribution in [0.1, 0.15) is 56.7 Å². The van der Waals surface area contributed by atoms with Crippen molar-refractivity contribution in [1.82, 2.24) is 10.2 Å². The number of aryl methyl sites for hydroxylation is 1. The Morgan fingerprint density at radius 2 is 1.90 bits per heavy atom. The van der Waals surface area contributed by atoms with E-state index >= 15 is 0 Å². The Balaban J connectivity index is 1.62. The topological polar surface area (TPSA) is 15.3 Å². The van der Waals surface area contributed by atoms with Crippen molar-refractivity contribution in [3.8, 4) is 0 Å². The van der Waals surface area contributed by atoms with E-state index in [9.17, 15) is 0 Å². The maximum absolute atomic E-state index is 3.87. The molecule has 2 nitrogen and oxygen atoms in total. The zero-order valence-electron chi connectivity index (χ0n) is 13.7. The van der Waals surface area contributed by atoms with Crippen molar-refractivity contribution in [3.63, 3.8) is 0 Å². The summed E-state index contributed by atoms with van der Waals surface area (Å²) in [7, 11) is 0. The molecule has 1 aliphatic heterocycles. The van der Waals surface area contributed by atoms with Gasteiger partial charge in [-0.3, -0.25) is 0 Å². The van der Waals surface area contributed by atoms with Crippen LogP contribution in [0.15, 0.2) is 24.3 Å². The van der Waals surface area contributed by atoms with Gasteiger partial charge in [-0.2, -0.15) is 0 Å². The first kappa shape index (κ1) is 15.1. The molecule has 0 spiro atoms. The van der Waals surface area contributed by atoms with Crippen LogP contribution in [0.5, 0.6) is 0 Å². The summed E-state index contributed by atoms with van der Waals surface area (Å²) < 4.78 is 0. The van der Waals surface area contributed by atoms with Crippen molar-refractivity contribution in [2.24, 2.45) is 5.41 Å². The summed E-state index contributed by atoms with van der Waals surface area (Å²) in [6, 6.07) is 9.52. The molecule has 0 radical (unpaired) electrons. The average molecular weight is 286 g/mol. The lowest BCUT2D eigenvalue weighted by atomic mass is 9.70. The molecule has 1 N–H and O–H groups in total. The van der Waals surface area contributed by atoms with Crippen LogP contribution < -0.4 is 5.32 Å². The standard InChI is InChI=1S/C19H30N2/c1-19(2)11-10-16-8-4-5-9-17(16)18(19)20-12-15-21-13-6-3-7-14-21/h4-5,8-9,18,20H,3,6-7,10-15H2,1-2H3. The Morgan fingerprint density at radius 1 is 1.14 bits per heavy atom. The summed E-state index contributed by atoms with van der Waals surface area (Å²) in [5.74, 6) is 0. The van der Waals surface area contributed by atoms with Gasteiger partial charge in [0.05, 0.1) is 0 Å². The lowest BCUT2D eigenvalue weighted by molar-refractivity contribution is 0.186. The van der Waals surface area contributed by atoms with E-state index in [-0.39, 0.29) is 0 Å². The molecular formula is C19H30N2. The van der Waals surface area contributed by atoms with Gasteiger partial charge >= 0.3 is 0 Å². The van der Waals surface area contributed by atoms with Gasteiger partial charge in [-0.15, -0.1) is 0 Å². The van der Waals surface area contributed by atoms with E-state index in [0.717, 1.165) is 6.54 Å². The molecule has 0 saturated carbocycles. The highest BCUT2D eigenvalue weighted by Crippen LogP contribution is 2.43. The molecule has 1 aromatic rings. The molecule has 0 bridgehead atoms. The van der Waals surface area contributed by atoms with Crippen LogP contribution in [-0.4, -0.2) is 31.1 Å². The molecule has 0 amide bonds. The fraction of sp³-hybridized carbons (Fsp3) is 0.684. The molecule has 1 heterocycles. The second kappa shape index (κ2) is 6.50. The normalized spacial score (nSPS) is 25.5. The van der Waals surface area contributed by atoms with Gasteiger partial charge in [0.15, 0.2) is 0 Å². The van der Waals surface area contributed by atoms with Crippen molar-refractivity contribution >= 4 is 0 Å². The van der Waals surface area contributed by atoms with Crippen molar-refractivity contribution in [1.29, 1.82) is 0 Å². The van der Waals surface area contributed by atoms with Gasteiger partial charge < -0.3 is 10.2 Å². The van der Waals surface area contributed by atoms with Crippen molar-refractivity contribution in [3.05, 3.63) is 35.4 Å². The minimum Gasteiger partial charge on any atom is -0.308 e. The maximum Gasteiger partial charge on any atom is 0.0375 e. The van der Waals surface area contributed by atoms with Crippen LogP contribution in [0.4, 0.5) is 0 Å². The first-order chi connectivity index (χ1) is 10.2. The van der Waals surface area contributed by atoms with E-state index in [2.05, 4.69) is 48.3 Å². The van der Waals surface area contributed by atoms with Crippen LogP contribution >= 0.6 is 0 Å². The second-order valence-corrected chi connectivity index (χ2v) is 7.48. The molecule has 3 rings (SSSR count). The number of piperidine rings is 1. The van der Waals surface area contributed by atoms with Crippen LogP contribution in [0.3, 0.4) is 0 Å². The third-order valence-electron chi connectivity index (χ3n) is 5.41. The van der Waals surface area contributed by atoms with E-state index in [0.29, 0.717) is 11.5 Å². The van der Waals surface area contributed by atoms with Crippen LogP contribution in [0, 0.1) is 5.41 Å². The Kier molecular flexibility index (Phi) is 4.66. The summed E-state index contributed by atoms with van der Waals surface area (Å²) in [6.45, 7) is 9.75. The van der Waals surface area contributed by atoms with Crippen molar-refractivity contribution in [2.45, 2.75) is 52.0 Å². The molecule has 0 aromatic heterocycles. The molecule has 1 aromatic carbocycles. The van der Waals surface area contributed by atoms with Gasteiger partial charge in [-0.05, 0) is 55.3 Å². The molecule has 1 saturated heterocycles. The van der Waals surface area contributed by atoms with E-state index < -0.39 is 0 Å². The number of likely N-dealkylation sites (tertiary alicyclic amines) is 1. The van der Waals surface area contributed by atoms with E-state index in [1.54, 1.807) is 5.56 Å². The zero-order valence-corrected chi connectivity index (χ0v) is 13.7. The lowest BCUT2D eigenvalue weighted by Gasteiger charge is -2.41. The number of nitrogens with zero attached hydrogens (tertiary/aromatic N) is 1. The van der Waals surface area contributed by atoms with Crippen LogP contribution in [0.2, 0.25) is 0 Å². The summed E-state index contributed by atoms with van der Waals surface area (Å²) in [6.07, 6.45) is 6.71. The fourth-order valence-electron chi connectivity index (χ4n) is 4.00. The van der Waals surface area contributed by atoms with Gasteiger partial charge in [0, 0.05) is 19.1 Å². The summed E-state index contributed by atoms with van der Waals surface area (Å²) >= 11 is 0.